The van der Waals surface area contributed by atoms with Gasteiger partial charge in [0, 0.05) is 49.1 Å². The molecular weight excluding hydrogens is 573 g/mol. The largest absolute Gasteiger partial charge is 0.395 e. The van der Waals surface area contributed by atoms with Crippen molar-refractivity contribution in [3.63, 3.8) is 0 Å². The van der Waals surface area contributed by atoms with Gasteiger partial charge in [0.1, 0.15) is 5.67 Å². The minimum Gasteiger partial charge on any atom is -0.395 e. The maximum absolute atomic E-state index is 16.1. The zero-order valence-electron chi connectivity index (χ0n) is 26.0. The number of carbonyl (C=O) groups is 3. The van der Waals surface area contributed by atoms with Crippen molar-refractivity contribution in [2.75, 3.05) is 29.5 Å². The summed E-state index contributed by atoms with van der Waals surface area (Å²) < 4.78 is 22.8. The number of rotatable bonds is 10. The third-order valence-electron chi connectivity index (χ3n) is 9.62. The molecule has 8 nitrogen and oxygen atoms in total. The lowest BCUT2D eigenvalue weighted by molar-refractivity contribution is -0.150. The highest BCUT2D eigenvalue weighted by molar-refractivity contribution is 6.07. The summed E-state index contributed by atoms with van der Waals surface area (Å²) in [5, 5.41) is 9.73. The summed E-state index contributed by atoms with van der Waals surface area (Å²) in [6.45, 7) is 6.02. The number of alkyl halides is 1. The smallest absolute Gasteiger partial charge is 0.264 e. The van der Waals surface area contributed by atoms with Crippen LogP contribution in [0.15, 0.2) is 78.9 Å². The van der Waals surface area contributed by atoms with Crippen LogP contribution in [-0.4, -0.2) is 59.2 Å². The molecular formula is C36H40FN3O5. The zero-order chi connectivity index (χ0) is 31.9. The molecule has 0 aliphatic carbocycles. The summed E-state index contributed by atoms with van der Waals surface area (Å²) in [5.41, 5.74) is 0.792. The first-order valence-electron chi connectivity index (χ1n) is 15.6. The van der Waals surface area contributed by atoms with Gasteiger partial charge in [-0.2, -0.15) is 0 Å². The lowest BCUT2D eigenvalue weighted by Crippen LogP contribution is -2.45. The van der Waals surface area contributed by atoms with Crippen molar-refractivity contribution in [3.8, 4) is 0 Å². The summed E-state index contributed by atoms with van der Waals surface area (Å²) in [5.74, 6) is -1.78. The number of para-hydroxylation sites is 1. The van der Waals surface area contributed by atoms with Crippen LogP contribution in [0.25, 0.3) is 0 Å². The van der Waals surface area contributed by atoms with E-state index >= 15 is 4.39 Å². The zero-order valence-corrected chi connectivity index (χ0v) is 26.0. The Morgan fingerprint density at radius 1 is 1.02 bits per heavy atom. The van der Waals surface area contributed by atoms with Gasteiger partial charge in [0.2, 0.25) is 11.8 Å². The van der Waals surface area contributed by atoms with Crippen LogP contribution >= 0.6 is 0 Å². The molecule has 236 valence electrons. The summed E-state index contributed by atoms with van der Waals surface area (Å²) in [6.07, 6.45) is -0.435. The molecule has 2 fully saturated rings. The number of ether oxygens (including phenoxy) is 1. The van der Waals surface area contributed by atoms with E-state index in [9.17, 15) is 19.5 Å². The fourth-order valence-electron chi connectivity index (χ4n) is 7.43. The molecule has 3 aliphatic rings. The number of hydrogen-bond donors (Lipinski definition) is 1. The molecule has 6 rings (SSSR count). The second-order valence-electron chi connectivity index (χ2n) is 12.9. The molecule has 0 unspecified atom stereocenters. The molecule has 1 spiro atoms. The SMILES string of the molecule is C[C@H]1[C@H](C(C)(C)F)[C@@H](CC(=O)N(CCO)Cc2ccccc2)O[C@]12C(=O)N(Cc1ccc(N3CCC3=O)cc1)c1ccccc12. The first-order valence-corrected chi connectivity index (χ1v) is 15.6. The van der Waals surface area contributed by atoms with Crippen molar-refractivity contribution in [2.24, 2.45) is 11.8 Å². The van der Waals surface area contributed by atoms with Gasteiger partial charge >= 0.3 is 0 Å². The number of amides is 3. The highest BCUT2D eigenvalue weighted by Gasteiger charge is 2.66. The standard InChI is InChI=1S/C36H40FN3O5/c1-24-33(35(2,3)37)30(21-32(43)38(19-20-41)22-25-9-5-4-6-10-25)45-36(24)28-11-7-8-12-29(28)40(34(36)44)23-26-13-15-27(16-14-26)39-18-17-31(39)42/h4-16,24,30,33,41H,17-23H2,1-3H3/t24-,30+,33-,36+/m0/s1. The predicted molar refractivity (Wildman–Crippen MR) is 169 cm³/mol. The van der Waals surface area contributed by atoms with Gasteiger partial charge in [-0.3, -0.25) is 14.4 Å². The van der Waals surface area contributed by atoms with Crippen LogP contribution in [0.2, 0.25) is 0 Å². The van der Waals surface area contributed by atoms with E-state index in [1.54, 1.807) is 14.7 Å². The Bertz CT molecular complexity index is 1570. The lowest BCUT2D eigenvalue weighted by atomic mass is 9.71. The van der Waals surface area contributed by atoms with Crippen molar-refractivity contribution < 1.29 is 28.6 Å². The van der Waals surface area contributed by atoms with Crippen molar-refractivity contribution in [1.82, 2.24) is 4.90 Å². The summed E-state index contributed by atoms with van der Waals surface area (Å²) in [6, 6.07) is 24.6. The molecule has 0 aromatic heterocycles. The molecule has 0 bridgehead atoms. The van der Waals surface area contributed by atoms with Crippen LogP contribution in [0.5, 0.6) is 0 Å². The van der Waals surface area contributed by atoms with Crippen molar-refractivity contribution in [2.45, 2.75) is 64.1 Å². The Hall–Kier alpha value is -4.08. The number of fused-ring (bicyclic) bond motifs is 2. The Morgan fingerprint density at radius 2 is 1.71 bits per heavy atom. The maximum atomic E-state index is 16.1. The second-order valence-corrected chi connectivity index (χ2v) is 12.9. The molecule has 3 aromatic rings. The van der Waals surface area contributed by atoms with Crippen LogP contribution in [-0.2, 0) is 37.8 Å². The minimum atomic E-state index is -1.75. The van der Waals surface area contributed by atoms with Crippen LogP contribution in [0.1, 0.15) is 50.3 Å². The quantitative estimate of drug-likeness (QED) is 0.326. The number of halogens is 1. The van der Waals surface area contributed by atoms with E-state index in [-0.39, 0.29) is 43.8 Å². The van der Waals surface area contributed by atoms with Crippen molar-refractivity contribution >= 4 is 29.1 Å². The van der Waals surface area contributed by atoms with Crippen LogP contribution < -0.4 is 9.80 Å². The van der Waals surface area contributed by atoms with Gasteiger partial charge in [-0.25, -0.2) is 4.39 Å². The fraction of sp³-hybridized carbons (Fsp3) is 0.417. The van der Waals surface area contributed by atoms with Gasteiger partial charge in [-0.15, -0.1) is 0 Å². The molecule has 3 aliphatic heterocycles. The number of carbonyl (C=O) groups excluding carboxylic acids is 3. The third-order valence-corrected chi connectivity index (χ3v) is 9.62. The highest BCUT2D eigenvalue weighted by Crippen LogP contribution is 2.58. The molecule has 3 amide bonds. The number of hydrogen-bond acceptors (Lipinski definition) is 5. The van der Waals surface area contributed by atoms with E-state index in [1.165, 1.54) is 13.8 Å². The predicted octanol–water partition coefficient (Wildman–Crippen LogP) is 4.98. The molecule has 1 N–H and O–H groups in total. The van der Waals surface area contributed by atoms with Crippen LogP contribution in [0.4, 0.5) is 15.8 Å². The Kier molecular flexibility index (Phi) is 8.26. The van der Waals surface area contributed by atoms with E-state index < -0.39 is 29.2 Å². The van der Waals surface area contributed by atoms with E-state index in [4.69, 9.17) is 4.74 Å². The van der Waals surface area contributed by atoms with Gasteiger partial charge < -0.3 is 24.5 Å². The minimum absolute atomic E-state index is 0.0960. The Morgan fingerprint density at radius 3 is 2.33 bits per heavy atom. The van der Waals surface area contributed by atoms with E-state index in [1.807, 2.05) is 85.8 Å². The summed E-state index contributed by atoms with van der Waals surface area (Å²) in [4.78, 5) is 45.1. The number of benzene rings is 3. The summed E-state index contributed by atoms with van der Waals surface area (Å²) >= 11 is 0. The monoisotopic (exact) mass is 613 g/mol. The number of nitrogens with zero attached hydrogens (tertiary/aromatic N) is 3. The van der Waals surface area contributed by atoms with Gasteiger partial charge in [0.25, 0.3) is 5.91 Å². The van der Waals surface area contributed by atoms with E-state index in [0.717, 1.165) is 16.8 Å². The normalized spacial score (nSPS) is 24.2. The third kappa shape index (κ3) is 5.53. The molecule has 45 heavy (non-hydrogen) atoms. The van der Waals surface area contributed by atoms with E-state index in [0.29, 0.717) is 30.8 Å². The highest BCUT2D eigenvalue weighted by atomic mass is 19.1. The molecule has 3 aromatic carbocycles. The lowest BCUT2D eigenvalue weighted by Gasteiger charge is -2.33. The van der Waals surface area contributed by atoms with Gasteiger partial charge in [0.05, 0.1) is 31.4 Å². The molecule has 0 saturated carbocycles. The maximum Gasteiger partial charge on any atom is 0.264 e. The van der Waals surface area contributed by atoms with Gasteiger partial charge in [-0.05, 0) is 43.2 Å². The molecule has 4 atom stereocenters. The number of aliphatic hydroxyl groups excluding tert-OH is 1. The summed E-state index contributed by atoms with van der Waals surface area (Å²) in [7, 11) is 0. The molecule has 0 radical (unpaired) electrons. The topological polar surface area (TPSA) is 90.4 Å². The molecule has 9 heteroatoms. The first-order chi connectivity index (χ1) is 21.5. The Labute approximate surface area is 263 Å². The average molecular weight is 614 g/mol. The molecule has 2 saturated heterocycles. The Balaban J connectivity index is 1.29. The van der Waals surface area contributed by atoms with Crippen molar-refractivity contribution in [1.29, 1.82) is 0 Å². The number of aliphatic hydroxyl groups is 1. The molecule has 3 heterocycles. The average Bonchev–Trinajstić information content (AvgIpc) is 3.44. The number of β-lactam (4-membered cyclic amide) rings is 1. The van der Waals surface area contributed by atoms with Crippen LogP contribution in [0, 0.1) is 11.8 Å². The fourth-order valence-corrected chi connectivity index (χ4v) is 7.43. The van der Waals surface area contributed by atoms with Gasteiger partial charge in [-0.1, -0.05) is 67.6 Å². The first kappa shape index (κ1) is 30.9. The van der Waals surface area contributed by atoms with Gasteiger partial charge in [0.15, 0.2) is 5.60 Å². The van der Waals surface area contributed by atoms with E-state index in [2.05, 4.69) is 0 Å². The van der Waals surface area contributed by atoms with Crippen LogP contribution in [0.3, 0.4) is 0 Å². The second kappa shape index (κ2) is 12.0. The van der Waals surface area contributed by atoms with Crippen molar-refractivity contribution in [3.05, 3.63) is 95.6 Å². The number of anilines is 2.